The summed E-state index contributed by atoms with van der Waals surface area (Å²) in [5.74, 6) is 1.34. The summed E-state index contributed by atoms with van der Waals surface area (Å²) in [6.45, 7) is 0. The summed E-state index contributed by atoms with van der Waals surface area (Å²) < 4.78 is 27.3. The molecule has 0 saturated carbocycles. The molecule has 194 valence electrons. The Morgan fingerprint density at radius 3 is 2.21 bits per heavy atom. The fourth-order valence-electron chi connectivity index (χ4n) is 3.97. The number of ether oxygens (including phenoxy) is 4. The summed E-state index contributed by atoms with van der Waals surface area (Å²) in [7, 11) is 3.09. The number of fused-ring (bicyclic) bond motifs is 1. The first kappa shape index (κ1) is 25.4. The Balaban J connectivity index is 1.28. The smallest absolute Gasteiger partial charge is 0.336 e. The van der Waals surface area contributed by atoms with Crippen LogP contribution in [0.2, 0.25) is 0 Å². The topological polar surface area (TPSA) is 84.2 Å². The second-order valence-corrected chi connectivity index (χ2v) is 8.45. The molecule has 0 radical (unpaired) electrons. The van der Waals surface area contributed by atoms with Crippen molar-refractivity contribution in [1.29, 1.82) is 0 Å². The quantitative estimate of drug-likeness (QED) is 0.125. The molecule has 5 aromatic rings. The molecule has 0 amide bonds. The summed E-state index contributed by atoms with van der Waals surface area (Å²) in [6.07, 6.45) is 4.14. The average molecular weight is 521 g/mol. The Hall–Kier alpha value is -5.30. The highest BCUT2D eigenvalue weighted by molar-refractivity contribution is 5.89. The van der Waals surface area contributed by atoms with Crippen LogP contribution in [-0.4, -0.2) is 20.2 Å². The van der Waals surface area contributed by atoms with Gasteiger partial charge in [0.2, 0.25) is 11.2 Å². The van der Waals surface area contributed by atoms with E-state index in [0.29, 0.717) is 22.6 Å². The first-order valence-electron chi connectivity index (χ1n) is 12.0. The molecule has 0 spiro atoms. The molecule has 1 aromatic heterocycles. The maximum Gasteiger partial charge on any atom is 0.336 e. The number of hydrogen-bond donors (Lipinski definition) is 0. The average Bonchev–Trinajstić information content (AvgIpc) is 2.98. The van der Waals surface area contributed by atoms with Crippen molar-refractivity contribution in [3.8, 4) is 39.9 Å². The molecule has 0 fully saturated rings. The predicted molar refractivity (Wildman–Crippen MR) is 149 cm³/mol. The molecule has 1 heterocycles. The maximum absolute atomic E-state index is 13.0. The third-order valence-corrected chi connectivity index (χ3v) is 5.94. The van der Waals surface area contributed by atoms with Gasteiger partial charge in [0.15, 0.2) is 11.5 Å². The minimum Gasteiger partial charge on any atom is -0.493 e. The number of methoxy groups -OCH3 is 2. The largest absolute Gasteiger partial charge is 0.493 e. The fraction of sp³-hybridized carbons (Fsp3) is 0.0625. The zero-order chi connectivity index (χ0) is 27.2. The second kappa shape index (κ2) is 11.4. The van der Waals surface area contributed by atoms with E-state index in [4.69, 9.17) is 23.4 Å². The standard InChI is InChI=1S/C32H24O7/c1-35-27-16-8-21(18-29(27)36-2)9-17-31(33)39-25-14-15-26-28(19-25)37-20-30(32(26)34)38-24-12-10-23(11-13-24)22-6-4-3-5-7-22/h3-20H,1-2H3/b17-9+. The van der Waals surface area contributed by atoms with E-state index in [2.05, 4.69) is 0 Å². The van der Waals surface area contributed by atoms with Gasteiger partial charge in [0, 0.05) is 12.1 Å². The summed E-state index contributed by atoms with van der Waals surface area (Å²) in [6, 6.07) is 27.2. The highest BCUT2D eigenvalue weighted by atomic mass is 16.5. The molecule has 0 saturated heterocycles. The van der Waals surface area contributed by atoms with Gasteiger partial charge < -0.3 is 23.4 Å². The summed E-state index contributed by atoms with van der Waals surface area (Å²) in [4.78, 5) is 25.3. The van der Waals surface area contributed by atoms with E-state index in [1.165, 1.54) is 37.6 Å². The molecule has 39 heavy (non-hydrogen) atoms. The summed E-state index contributed by atoms with van der Waals surface area (Å²) in [5.41, 5.74) is 2.78. The van der Waals surface area contributed by atoms with Crippen LogP contribution in [0.15, 0.2) is 113 Å². The van der Waals surface area contributed by atoms with Gasteiger partial charge in [-0.25, -0.2) is 4.79 Å². The molecule has 5 rings (SSSR count). The van der Waals surface area contributed by atoms with E-state index < -0.39 is 5.97 Å². The second-order valence-electron chi connectivity index (χ2n) is 8.45. The lowest BCUT2D eigenvalue weighted by molar-refractivity contribution is -0.128. The molecule has 7 heteroatoms. The summed E-state index contributed by atoms with van der Waals surface area (Å²) >= 11 is 0. The normalized spacial score (nSPS) is 10.9. The molecule has 0 aliphatic heterocycles. The van der Waals surface area contributed by atoms with Gasteiger partial charge in [0.25, 0.3) is 0 Å². The van der Waals surface area contributed by atoms with Gasteiger partial charge in [-0.05, 0) is 59.2 Å². The fourth-order valence-corrected chi connectivity index (χ4v) is 3.97. The van der Waals surface area contributed by atoms with Gasteiger partial charge in [0.05, 0.1) is 19.6 Å². The van der Waals surface area contributed by atoms with Crippen LogP contribution in [0.25, 0.3) is 28.2 Å². The van der Waals surface area contributed by atoms with Gasteiger partial charge in [-0.1, -0.05) is 48.5 Å². The molecular formula is C32H24O7. The van der Waals surface area contributed by atoms with Gasteiger partial charge in [-0.3, -0.25) is 4.79 Å². The minimum atomic E-state index is -0.592. The van der Waals surface area contributed by atoms with Crippen LogP contribution in [-0.2, 0) is 4.79 Å². The van der Waals surface area contributed by atoms with Crippen LogP contribution in [0, 0.1) is 0 Å². The van der Waals surface area contributed by atoms with Crippen molar-refractivity contribution >= 4 is 23.0 Å². The van der Waals surface area contributed by atoms with Crippen LogP contribution >= 0.6 is 0 Å². The highest BCUT2D eigenvalue weighted by Crippen LogP contribution is 2.29. The molecule has 0 atom stereocenters. The van der Waals surface area contributed by atoms with Crippen molar-refractivity contribution in [1.82, 2.24) is 0 Å². The Labute approximate surface area is 224 Å². The number of esters is 1. The third-order valence-electron chi connectivity index (χ3n) is 5.94. The van der Waals surface area contributed by atoms with Crippen molar-refractivity contribution < 1.29 is 28.2 Å². The first-order chi connectivity index (χ1) is 19.0. The van der Waals surface area contributed by atoms with E-state index in [9.17, 15) is 9.59 Å². The van der Waals surface area contributed by atoms with Gasteiger partial charge in [-0.2, -0.15) is 0 Å². The molecule has 7 nitrogen and oxygen atoms in total. The molecule has 0 aliphatic rings. The zero-order valence-electron chi connectivity index (χ0n) is 21.3. The SMILES string of the molecule is COc1ccc(/C=C/C(=O)Oc2ccc3c(=O)c(Oc4ccc(-c5ccccc5)cc4)coc3c2)cc1OC. The van der Waals surface area contributed by atoms with Crippen LogP contribution in [0.5, 0.6) is 28.7 Å². The van der Waals surface area contributed by atoms with Crippen molar-refractivity contribution in [3.63, 3.8) is 0 Å². The lowest BCUT2D eigenvalue weighted by Gasteiger charge is -2.08. The van der Waals surface area contributed by atoms with E-state index in [1.807, 2.05) is 42.5 Å². The Bertz CT molecular complexity index is 1700. The number of carbonyl (C=O) groups is 1. The van der Waals surface area contributed by atoms with Crippen molar-refractivity contribution in [2.24, 2.45) is 0 Å². The van der Waals surface area contributed by atoms with Crippen molar-refractivity contribution in [2.75, 3.05) is 14.2 Å². The van der Waals surface area contributed by atoms with E-state index in [-0.39, 0.29) is 22.5 Å². The highest BCUT2D eigenvalue weighted by Gasteiger charge is 2.12. The maximum atomic E-state index is 13.0. The molecule has 0 bridgehead atoms. The van der Waals surface area contributed by atoms with Crippen molar-refractivity contribution in [3.05, 3.63) is 119 Å². The predicted octanol–water partition coefficient (Wildman–Crippen LogP) is 6.89. The van der Waals surface area contributed by atoms with Crippen LogP contribution < -0.4 is 24.4 Å². The molecule has 0 aliphatic carbocycles. The zero-order valence-corrected chi connectivity index (χ0v) is 21.3. The Kier molecular flexibility index (Phi) is 7.41. The van der Waals surface area contributed by atoms with Gasteiger partial charge in [0.1, 0.15) is 23.3 Å². The van der Waals surface area contributed by atoms with Crippen molar-refractivity contribution in [2.45, 2.75) is 0 Å². The van der Waals surface area contributed by atoms with E-state index >= 15 is 0 Å². The Morgan fingerprint density at radius 1 is 0.744 bits per heavy atom. The first-order valence-corrected chi connectivity index (χ1v) is 12.0. The third kappa shape index (κ3) is 5.83. The van der Waals surface area contributed by atoms with Gasteiger partial charge in [-0.15, -0.1) is 0 Å². The summed E-state index contributed by atoms with van der Waals surface area (Å²) in [5, 5.41) is 0.300. The van der Waals surface area contributed by atoms with E-state index in [0.717, 1.165) is 16.7 Å². The lowest BCUT2D eigenvalue weighted by atomic mass is 10.1. The molecular weight excluding hydrogens is 496 g/mol. The minimum absolute atomic E-state index is 0.0533. The van der Waals surface area contributed by atoms with Crippen LogP contribution in [0.3, 0.4) is 0 Å². The van der Waals surface area contributed by atoms with Crippen LogP contribution in [0.4, 0.5) is 0 Å². The number of carbonyl (C=O) groups excluding carboxylic acids is 1. The molecule has 0 N–H and O–H groups in total. The van der Waals surface area contributed by atoms with E-state index in [1.54, 1.807) is 43.5 Å². The number of hydrogen-bond acceptors (Lipinski definition) is 7. The molecule has 0 unspecified atom stereocenters. The lowest BCUT2D eigenvalue weighted by Crippen LogP contribution is -2.06. The molecule has 4 aromatic carbocycles. The van der Waals surface area contributed by atoms with Crippen LogP contribution in [0.1, 0.15) is 5.56 Å². The Morgan fingerprint density at radius 2 is 1.46 bits per heavy atom. The number of benzene rings is 4. The monoisotopic (exact) mass is 520 g/mol. The number of rotatable bonds is 8. The van der Waals surface area contributed by atoms with Gasteiger partial charge >= 0.3 is 5.97 Å².